The van der Waals surface area contributed by atoms with Crippen LogP contribution in [0.3, 0.4) is 0 Å². The molecule has 2 heterocycles. The molecule has 1 unspecified atom stereocenters. The molecule has 2 aromatic carbocycles. The average Bonchev–Trinajstić information content (AvgIpc) is 3.15. The van der Waals surface area contributed by atoms with Crippen LogP contribution in [0, 0.1) is 0 Å². The number of halogens is 3. The number of carbonyl (C=O) groups excluding carboxylic acids is 2. The number of amides is 2. The summed E-state index contributed by atoms with van der Waals surface area (Å²) in [5.41, 5.74) is 1.60. The fraction of sp³-hybridized carbons (Fsp3) is 0.200. The van der Waals surface area contributed by atoms with Crippen LogP contribution >= 0.6 is 11.8 Å². The van der Waals surface area contributed by atoms with Gasteiger partial charge in [-0.15, -0.1) is 0 Å². The topological polar surface area (TPSA) is 51.1 Å². The lowest BCUT2D eigenvalue weighted by Crippen LogP contribution is -2.25. The molecule has 1 aliphatic heterocycles. The summed E-state index contributed by atoms with van der Waals surface area (Å²) in [4.78, 5) is 23.3. The van der Waals surface area contributed by atoms with Crippen LogP contribution in [-0.2, 0) is 23.9 Å². The lowest BCUT2D eigenvalue weighted by Gasteiger charge is -2.10. The third-order valence-electron chi connectivity index (χ3n) is 4.65. The number of nitrogens with one attached hydrogen (secondary N) is 1. The second kappa shape index (κ2) is 7.01. The molecule has 0 saturated carbocycles. The van der Waals surface area contributed by atoms with Gasteiger partial charge in [0.2, 0.25) is 5.91 Å². The van der Waals surface area contributed by atoms with Gasteiger partial charge in [0.15, 0.2) is 0 Å². The van der Waals surface area contributed by atoms with Crippen molar-refractivity contribution in [2.24, 2.45) is 0 Å². The molecule has 4 nitrogen and oxygen atoms in total. The van der Waals surface area contributed by atoms with E-state index in [4.69, 9.17) is 0 Å². The molecule has 1 fully saturated rings. The first-order chi connectivity index (χ1) is 13.3. The smallest absolute Gasteiger partial charge is 0.343 e. The van der Waals surface area contributed by atoms with Gasteiger partial charge in [0.05, 0.1) is 10.8 Å². The molecule has 1 atom stereocenters. The number of benzene rings is 2. The monoisotopic (exact) mass is 404 g/mol. The summed E-state index contributed by atoms with van der Waals surface area (Å²) in [6, 6.07) is 12.8. The van der Waals surface area contributed by atoms with Crippen molar-refractivity contribution in [1.82, 2.24) is 9.88 Å². The summed E-state index contributed by atoms with van der Waals surface area (Å²) in [5, 5.41) is 2.33. The number of hydrogen-bond donors (Lipinski definition) is 1. The molecule has 1 aliphatic rings. The first-order valence-corrected chi connectivity index (χ1v) is 9.43. The van der Waals surface area contributed by atoms with Crippen LogP contribution < -0.4 is 5.32 Å². The third kappa shape index (κ3) is 3.64. The van der Waals surface area contributed by atoms with Crippen molar-refractivity contribution in [2.45, 2.75) is 24.4 Å². The Morgan fingerprint density at radius 3 is 2.57 bits per heavy atom. The van der Waals surface area contributed by atoms with E-state index in [1.54, 1.807) is 6.07 Å². The molecule has 3 aromatic rings. The molecule has 0 spiro atoms. The Hall–Kier alpha value is -2.74. The second-order valence-electron chi connectivity index (χ2n) is 6.58. The van der Waals surface area contributed by atoms with Crippen LogP contribution in [0.4, 0.5) is 18.0 Å². The highest BCUT2D eigenvalue weighted by Gasteiger charge is 2.32. The van der Waals surface area contributed by atoms with E-state index in [1.807, 2.05) is 35.0 Å². The third-order valence-corrected chi connectivity index (χ3v) is 5.63. The van der Waals surface area contributed by atoms with Crippen molar-refractivity contribution >= 4 is 33.8 Å². The fourth-order valence-corrected chi connectivity index (χ4v) is 4.23. The maximum Gasteiger partial charge on any atom is 0.416 e. The normalized spacial score (nSPS) is 17.3. The number of carbonyl (C=O) groups is 2. The van der Waals surface area contributed by atoms with Gasteiger partial charge in [-0.05, 0) is 35.7 Å². The molecule has 1 N–H and O–H groups in total. The summed E-state index contributed by atoms with van der Waals surface area (Å²) >= 11 is 0.961. The van der Waals surface area contributed by atoms with Crippen LogP contribution in [0.15, 0.2) is 54.7 Å². The van der Waals surface area contributed by atoms with Crippen molar-refractivity contribution in [2.75, 3.05) is 0 Å². The van der Waals surface area contributed by atoms with Crippen LogP contribution in [-0.4, -0.2) is 21.0 Å². The molecule has 2 amide bonds. The Bertz CT molecular complexity index is 1070. The number of nitrogens with zero attached hydrogens (tertiary/aromatic N) is 1. The van der Waals surface area contributed by atoms with Crippen molar-refractivity contribution < 1.29 is 22.8 Å². The summed E-state index contributed by atoms with van der Waals surface area (Å²) in [6.45, 7) is 0.271. The first-order valence-electron chi connectivity index (χ1n) is 8.55. The summed E-state index contributed by atoms with van der Waals surface area (Å²) < 4.78 is 40.8. The SMILES string of the molecule is O=C1NC(=O)C(Cc2cn(Cc3cccc(C(F)(F)F)c3)c3ccccc23)S1. The standard InChI is InChI=1S/C20H15F3N2O2S/c21-20(22,23)14-5-3-4-12(8-14)10-25-11-13(15-6-1-2-7-16(15)25)9-17-18(26)24-19(27)28-17/h1-8,11,17H,9-10H2,(H,24,26,27). The number of hydrogen-bond acceptors (Lipinski definition) is 3. The lowest BCUT2D eigenvalue weighted by atomic mass is 10.1. The van der Waals surface area contributed by atoms with Gasteiger partial charge in [0, 0.05) is 23.6 Å². The van der Waals surface area contributed by atoms with Crippen LogP contribution in [0.1, 0.15) is 16.7 Å². The minimum atomic E-state index is -4.39. The molecule has 0 bridgehead atoms. The molecule has 28 heavy (non-hydrogen) atoms. The zero-order valence-corrected chi connectivity index (χ0v) is 15.3. The minimum Gasteiger partial charge on any atom is -0.343 e. The van der Waals surface area contributed by atoms with Gasteiger partial charge in [-0.25, -0.2) is 0 Å². The molecule has 144 valence electrons. The van der Waals surface area contributed by atoms with Gasteiger partial charge in [-0.1, -0.05) is 42.1 Å². The van der Waals surface area contributed by atoms with E-state index >= 15 is 0 Å². The van der Waals surface area contributed by atoms with Crippen molar-refractivity contribution in [3.8, 4) is 0 Å². The number of fused-ring (bicyclic) bond motifs is 1. The molecular formula is C20H15F3N2O2S. The zero-order chi connectivity index (χ0) is 19.9. The molecule has 0 radical (unpaired) electrons. The van der Waals surface area contributed by atoms with E-state index < -0.39 is 17.0 Å². The minimum absolute atomic E-state index is 0.271. The van der Waals surface area contributed by atoms with Gasteiger partial charge < -0.3 is 4.57 Å². The summed E-state index contributed by atoms with van der Waals surface area (Å²) in [5.74, 6) is -0.315. The number of aromatic nitrogens is 1. The van der Waals surface area contributed by atoms with Crippen molar-refractivity contribution in [1.29, 1.82) is 0 Å². The zero-order valence-electron chi connectivity index (χ0n) is 14.5. The Morgan fingerprint density at radius 1 is 1.07 bits per heavy atom. The maximum atomic E-state index is 13.0. The van der Waals surface area contributed by atoms with Crippen molar-refractivity contribution in [3.63, 3.8) is 0 Å². The molecule has 4 rings (SSSR count). The highest BCUT2D eigenvalue weighted by molar-refractivity contribution is 8.15. The van der Waals surface area contributed by atoms with Crippen LogP contribution in [0.25, 0.3) is 10.9 Å². The van der Waals surface area contributed by atoms with Crippen molar-refractivity contribution in [3.05, 3.63) is 71.4 Å². The van der Waals surface area contributed by atoms with Gasteiger partial charge in [0.1, 0.15) is 0 Å². The quantitative estimate of drug-likeness (QED) is 0.691. The first kappa shape index (κ1) is 18.6. The Labute approximate surface area is 162 Å². The van der Waals surface area contributed by atoms with Gasteiger partial charge in [0.25, 0.3) is 5.24 Å². The Kier molecular flexibility index (Phi) is 4.66. The number of rotatable bonds is 4. The molecular weight excluding hydrogens is 389 g/mol. The molecule has 8 heteroatoms. The lowest BCUT2D eigenvalue weighted by molar-refractivity contribution is -0.137. The number of imide groups is 1. The van der Waals surface area contributed by atoms with E-state index in [0.717, 1.165) is 40.4 Å². The predicted molar refractivity (Wildman–Crippen MR) is 101 cm³/mol. The molecule has 1 saturated heterocycles. The van der Waals surface area contributed by atoms with Gasteiger partial charge in [-0.3, -0.25) is 14.9 Å². The highest BCUT2D eigenvalue weighted by Crippen LogP contribution is 2.31. The van der Waals surface area contributed by atoms with Crippen LogP contribution in [0.2, 0.25) is 0 Å². The average molecular weight is 404 g/mol. The highest BCUT2D eigenvalue weighted by atomic mass is 32.2. The Balaban J connectivity index is 1.67. The number of alkyl halides is 3. The van der Waals surface area contributed by atoms with E-state index in [-0.39, 0.29) is 17.7 Å². The Morgan fingerprint density at radius 2 is 1.86 bits per heavy atom. The maximum absolute atomic E-state index is 13.0. The van der Waals surface area contributed by atoms with E-state index in [2.05, 4.69) is 5.32 Å². The van der Waals surface area contributed by atoms with Gasteiger partial charge >= 0.3 is 6.18 Å². The van der Waals surface area contributed by atoms with Crippen LogP contribution in [0.5, 0.6) is 0 Å². The van der Waals surface area contributed by atoms with E-state index in [9.17, 15) is 22.8 Å². The summed E-state index contributed by atoms with van der Waals surface area (Å²) in [7, 11) is 0. The molecule has 0 aliphatic carbocycles. The summed E-state index contributed by atoms with van der Waals surface area (Å²) in [6.07, 6.45) is -2.17. The second-order valence-corrected chi connectivity index (χ2v) is 7.76. The van der Waals surface area contributed by atoms with E-state index in [1.165, 1.54) is 6.07 Å². The van der Waals surface area contributed by atoms with Gasteiger partial charge in [-0.2, -0.15) is 13.2 Å². The number of para-hydroxylation sites is 1. The fourth-order valence-electron chi connectivity index (χ4n) is 3.39. The number of thioether (sulfide) groups is 1. The predicted octanol–water partition coefficient (Wildman–Crippen LogP) is 4.60. The largest absolute Gasteiger partial charge is 0.416 e. The molecule has 1 aromatic heterocycles. The van der Waals surface area contributed by atoms with E-state index in [0.29, 0.717) is 12.0 Å².